The molecule has 0 aliphatic rings. The standard InChI is InChI=1S/C64H53N/c1-7-65-60-35-31-52(39-56(60)57-40-53(64(4,5)6)32-36-61(57)65)49-21-19-46(20-22-49)48-25-29-51(30-26-48)63-55-34-14-41(2)37-58(55)62(54-33-13-42(3)38-59(54)63)50-27-23-47(24-28-50)45-17-15-44(16-18-45)43-11-9-8-10-12-43/h8-40H,7H2,1-6H3. The van der Waals surface area contributed by atoms with Gasteiger partial charge in [0.1, 0.15) is 0 Å². The zero-order chi connectivity index (χ0) is 44.4. The molecular weight excluding hydrogens is 783 g/mol. The molecule has 0 N–H and O–H groups in total. The maximum Gasteiger partial charge on any atom is 0.0491 e. The second kappa shape index (κ2) is 15.9. The first-order valence-corrected chi connectivity index (χ1v) is 23.1. The second-order valence-electron chi connectivity index (χ2n) is 19.0. The topological polar surface area (TPSA) is 4.93 Å². The van der Waals surface area contributed by atoms with Crippen molar-refractivity contribution in [2.75, 3.05) is 0 Å². The number of hydrogen-bond donors (Lipinski definition) is 0. The minimum absolute atomic E-state index is 0.0943. The number of hydrogen-bond acceptors (Lipinski definition) is 0. The van der Waals surface area contributed by atoms with E-state index in [4.69, 9.17) is 0 Å². The summed E-state index contributed by atoms with van der Waals surface area (Å²) in [5.41, 5.74) is 21.4. The molecule has 11 rings (SSSR count). The fraction of sp³-hybridized carbons (Fsp3) is 0.125. The largest absolute Gasteiger partial charge is 0.341 e. The zero-order valence-corrected chi connectivity index (χ0v) is 38.2. The van der Waals surface area contributed by atoms with Crippen LogP contribution in [0.3, 0.4) is 0 Å². The molecule has 0 aliphatic heterocycles. The predicted octanol–water partition coefficient (Wildman–Crippen LogP) is 18.0. The summed E-state index contributed by atoms with van der Waals surface area (Å²) in [4.78, 5) is 0. The van der Waals surface area contributed by atoms with Crippen molar-refractivity contribution in [3.63, 3.8) is 0 Å². The molecule has 1 heteroatoms. The van der Waals surface area contributed by atoms with Gasteiger partial charge in [-0.1, -0.05) is 208 Å². The molecule has 1 heterocycles. The van der Waals surface area contributed by atoms with E-state index in [1.54, 1.807) is 0 Å². The lowest BCUT2D eigenvalue weighted by Gasteiger charge is -2.19. The van der Waals surface area contributed by atoms with E-state index in [0.717, 1.165) is 6.54 Å². The lowest BCUT2D eigenvalue weighted by Crippen LogP contribution is -2.10. The van der Waals surface area contributed by atoms with E-state index in [1.807, 2.05) is 0 Å². The Labute approximate surface area is 383 Å². The van der Waals surface area contributed by atoms with Gasteiger partial charge in [0.05, 0.1) is 0 Å². The first-order valence-electron chi connectivity index (χ1n) is 23.1. The number of rotatable bonds is 7. The molecule has 0 amide bonds. The fourth-order valence-electron chi connectivity index (χ4n) is 10.2. The van der Waals surface area contributed by atoms with Crippen LogP contribution in [-0.4, -0.2) is 4.57 Å². The summed E-state index contributed by atoms with van der Waals surface area (Å²) in [6, 6.07) is 75.0. The molecule has 0 bridgehead atoms. The van der Waals surface area contributed by atoms with Crippen LogP contribution in [0.2, 0.25) is 0 Å². The van der Waals surface area contributed by atoms with E-state index in [2.05, 4.69) is 246 Å². The Morgan fingerprint density at radius 3 is 1.12 bits per heavy atom. The number of nitrogens with zero attached hydrogens (tertiary/aromatic N) is 1. The molecule has 0 spiro atoms. The van der Waals surface area contributed by atoms with Crippen molar-refractivity contribution in [3.05, 3.63) is 217 Å². The molecule has 1 aromatic heterocycles. The molecule has 1 nitrogen and oxygen atoms in total. The Kier molecular flexibility index (Phi) is 9.89. The van der Waals surface area contributed by atoms with Crippen LogP contribution < -0.4 is 0 Å². The fourth-order valence-corrected chi connectivity index (χ4v) is 10.2. The van der Waals surface area contributed by atoms with E-state index in [9.17, 15) is 0 Å². The third-order valence-electron chi connectivity index (χ3n) is 13.7. The third kappa shape index (κ3) is 7.22. The van der Waals surface area contributed by atoms with Crippen molar-refractivity contribution < 1.29 is 0 Å². The lowest BCUT2D eigenvalue weighted by atomic mass is 9.84. The van der Waals surface area contributed by atoms with Gasteiger partial charge >= 0.3 is 0 Å². The lowest BCUT2D eigenvalue weighted by molar-refractivity contribution is 0.591. The summed E-state index contributed by atoms with van der Waals surface area (Å²) in [7, 11) is 0. The molecule has 0 saturated carbocycles. The van der Waals surface area contributed by atoms with Crippen LogP contribution in [0.4, 0.5) is 0 Å². The SMILES string of the molecule is CCn1c2ccc(-c3ccc(-c4ccc(-c5c6ccc(C)cc6c(-c6ccc(-c7ccc(-c8ccccc8)cc7)cc6)c6ccc(C)cc56)cc4)cc3)cc2c2cc(C(C)(C)C)ccc21. The van der Waals surface area contributed by atoms with Gasteiger partial charge in [-0.2, -0.15) is 0 Å². The maximum absolute atomic E-state index is 2.45. The highest BCUT2D eigenvalue weighted by atomic mass is 15.0. The summed E-state index contributed by atoms with van der Waals surface area (Å²) in [5, 5.41) is 7.77. The normalized spacial score (nSPS) is 11.9. The van der Waals surface area contributed by atoms with E-state index < -0.39 is 0 Å². The zero-order valence-electron chi connectivity index (χ0n) is 38.2. The van der Waals surface area contributed by atoms with Gasteiger partial charge in [0.2, 0.25) is 0 Å². The summed E-state index contributed by atoms with van der Waals surface area (Å²) in [6.45, 7) is 14.5. The van der Waals surface area contributed by atoms with Crippen LogP contribution in [0.25, 0.3) is 110 Å². The van der Waals surface area contributed by atoms with Crippen molar-refractivity contribution in [2.24, 2.45) is 0 Å². The smallest absolute Gasteiger partial charge is 0.0491 e. The molecule has 10 aromatic carbocycles. The van der Waals surface area contributed by atoms with Crippen LogP contribution in [0.15, 0.2) is 200 Å². The van der Waals surface area contributed by atoms with Crippen LogP contribution in [0.1, 0.15) is 44.4 Å². The Balaban J connectivity index is 0.931. The molecule has 0 atom stereocenters. The van der Waals surface area contributed by atoms with Crippen LogP contribution in [0, 0.1) is 13.8 Å². The van der Waals surface area contributed by atoms with Crippen molar-refractivity contribution >= 4 is 43.4 Å². The molecular formula is C64H53N. The van der Waals surface area contributed by atoms with Gasteiger partial charge in [0.25, 0.3) is 0 Å². The second-order valence-corrected chi connectivity index (χ2v) is 19.0. The highest BCUT2D eigenvalue weighted by Crippen LogP contribution is 2.45. The molecule has 65 heavy (non-hydrogen) atoms. The van der Waals surface area contributed by atoms with E-state index in [0.29, 0.717) is 0 Å². The minimum atomic E-state index is 0.0943. The first-order chi connectivity index (χ1) is 31.6. The van der Waals surface area contributed by atoms with Crippen LogP contribution >= 0.6 is 0 Å². The predicted molar refractivity (Wildman–Crippen MR) is 281 cm³/mol. The Morgan fingerprint density at radius 1 is 0.323 bits per heavy atom. The van der Waals surface area contributed by atoms with Gasteiger partial charge in [-0.25, -0.2) is 0 Å². The van der Waals surface area contributed by atoms with Crippen molar-refractivity contribution in [1.29, 1.82) is 0 Å². The van der Waals surface area contributed by atoms with Gasteiger partial charge in [-0.05, 0) is 144 Å². The van der Waals surface area contributed by atoms with Crippen molar-refractivity contribution in [3.8, 4) is 66.8 Å². The quantitative estimate of drug-likeness (QED) is 0.141. The van der Waals surface area contributed by atoms with Crippen molar-refractivity contribution in [1.82, 2.24) is 4.57 Å². The molecule has 0 aliphatic carbocycles. The minimum Gasteiger partial charge on any atom is -0.341 e. The Morgan fingerprint density at radius 2 is 0.692 bits per heavy atom. The highest BCUT2D eigenvalue weighted by molar-refractivity contribution is 6.21. The van der Waals surface area contributed by atoms with Gasteiger partial charge in [0.15, 0.2) is 0 Å². The molecule has 0 saturated heterocycles. The molecule has 0 radical (unpaired) electrons. The monoisotopic (exact) mass is 835 g/mol. The maximum atomic E-state index is 2.45. The van der Waals surface area contributed by atoms with Crippen LogP contribution in [-0.2, 0) is 12.0 Å². The molecule has 0 fully saturated rings. The average Bonchev–Trinajstić information content (AvgIpc) is 3.66. The molecule has 314 valence electrons. The van der Waals surface area contributed by atoms with E-state index >= 15 is 0 Å². The van der Waals surface area contributed by atoms with Crippen LogP contribution in [0.5, 0.6) is 0 Å². The first kappa shape index (κ1) is 40.3. The Hall–Kier alpha value is -7.48. The number of aromatic nitrogens is 1. The molecule has 11 aromatic rings. The summed E-state index contributed by atoms with van der Waals surface area (Å²) >= 11 is 0. The van der Waals surface area contributed by atoms with Crippen molar-refractivity contribution in [2.45, 2.75) is 53.5 Å². The van der Waals surface area contributed by atoms with Gasteiger partial charge in [0, 0.05) is 28.4 Å². The summed E-state index contributed by atoms with van der Waals surface area (Å²) in [6.07, 6.45) is 0. The van der Waals surface area contributed by atoms with Gasteiger partial charge in [-0.3, -0.25) is 0 Å². The van der Waals surface area contributed by atoms with Gasteiger partial charge in [-0.15, -0.1) is 0 Å². The summed E-state index contributed by atoms with van der Waals surface area (Å²) < 4.78 is 2.45. The van der Waals surface area contributed by atoms with Gasteiger partial charge < -0.3 is 4.57 Å². The number of benzene rings is 10. The van der Waals surface area contributed by atoms with E-state index in [1.165, 1.54) is 127 Å². The van der Waals surface area contributed by atoms with E-state index in [-0.39, 0.29) is 5.41 Å². The number of fused-ring (bicyclic) bond motifs is 5. The third-order valence-corrected chi connectivity index (χ3v) is 13.7. The average molecular weight is 836 g/mol. The highest BCUT2D eigenvalue weighted by Gasteiger charge is 2.20. The Bertz CT molecular complexity index is 3560. The summed E-state index contributed by atoms with van der Waals surface area (Å²) in [5.74, 6) is 0. The number of aryl methyl sites for hydroxylation is 3. The molecule has 0 unspecified atom stereocenters.